The molecule has 4 heteroatoms. The van der Waals surface area contributed by atoms with Gasteiger partial charge in [0.2, 0.25) is 0 Å². The molecule has 84 valence electrons. The van der Waals surface area contributed by atoms with E-state index in [2.05, 4.69) is 0 Å². The van der Waals surface area contributed by atoms with Gasteiger partial charge in [-0.2, -0.15) is 10.5 Å². The Bertz CT molecular complexity index is 750. The van der Waals surface area contributed by atoms with Crippen molar-refractivity contribution in [2.45, 2.75) is 0 Å². The van der Waals surface area contributed by atoms with Crippen LogP contribution in [0.2, 0.25) is 0 Å². The Morgan fingerprint density at radius 2 is 1.83 bits per heavy atom. The second-order valence-corrected chi connectivity index (χ2v) is 4.69. The highest BCUT2D eigenvalue weighted by atomic mass is 32.1. The van der Waals surface area contributed by atoms with E-state index < -0.39 is 0 Å². The largest absolute Gasteiger partial charge is 0.455 e. The van der Waals surface area contributed by atoms with Crippen LogP contribution in [0.4, 0.5) is 0 Å². The average Bonchev–Trinajstić information content (AvgIpc) is 3.04. The lowest BCUT2D eigenvalue weighted by molar-refractivity contribution is 0.633. The zero-order chi connectivity index (χ0) is 12.5. The molecule has 0 unspecified atom stereocenters. The molecule has 0 N–H and O–H groups in total. The van der Waals surface area contributed by atoms with Gasteiger partial charge in [0.05, 0.1) is 16.0 Å². The van der Waals surface area contributed by atoms with Crippen molar-refractivity contribution >= 4 is 22.3 Å². The van der Waals surface area contributed by atoms with Crippen molar-refractivity contribution in [1.82, 2.24) is 0 Å². The molecule has 3 rings (SSSR count). The van der Waals surface area contributed by atoms with Gasteiger partial charge in [-0.3, -0.25) is 0 Å². The standard InChI is InChI=1S/C14H6N2OS/c15-7-10-4-9-5-13(14-2-1-3-18-14)17-12(9)6-11(10)8-16/h1-6H. The lowest BCUT2D eigenvalue weighted by Crippen LogP contribution is -1.81. The van der Waals surface area contributed by atoms with Crippen molar-refractivity contribution in [2.24, 2.45) is 0 Å². The maximum atomic E-state index is 8.97. The monoisotopic (exact) mass is 250 g/mol. The van der Waals surface area contributed by atoms with Crippen LogP contribution in [0.25, 0.3) is 21.6 Å². The summed E-state index contributed by atoms with van der Waals surface area (Å²) in [4.78, 5) is 1.03. The molecular weight excluding hydrogens is 244 g/mol. The minimum Gasteiger partial charge on any atom is -0.455 e. The molecule has 0 aliphatic rings. The van der Waals surface area contributed by atoms with E-state index in [9.17, 15) is 0 Å². The topological polar surface area (TPSA) is 60.7 Å². The van der Waals surface area contributed by atoms with Crippen molar-refractivity contribution in [3.8, 4) is 22.8 Å². The predicted molar refractivity (Wildman–Crippen MR) is 69.0 cm³/mol. The molecule has 2 aromatic heterocycles. The SMILES string of the molecule is N#Cc1cc2cc(-c3cccs3)oc2cc1C#N. The maximum Gasteiger partial charge on any atom is 0.145 e. The first kappa shape index (κ1) is 10.6. The van der Waals surface area contributed by atoms with Crippen LogP contribution in [0.3, 0.4) is 0 Å². The molecule has 0 saturated carbocycles. The first-order valence-corrected chi connectivity index (χ1v) is 6.11. The third-order valence-electron chi connectivity index (χ3n) is 2.66. The minimum atomic E-state index is 0.345. The fourth-order valence-corrected chi connectivity index (χ4v) is 2.49. The van der Waals surface area contributed by atoms with Crippen LogP contribution in [0, 0.1) is 22.7 Å². The third-order valence-corrected chi connectivity index (χ3v) is 3.55. The lowest BCUT2D eigenvalue weighted by Gasteiger charge is -1.93. The highest BCUT2D eigenvalue weighted by molar-refractivity contribution is 7.13. The Hall–Kier alpha value is -2.56. The molecule has 2 heterocycles. The van der Waals surface area contributed by atoms with Crippen molar-refractivity contribution in [2.75, 3.05) is 0 Å². The molecule has 0 atom stereocenters. The van der Waals surface area contributed by atoms with Gasteiger partial charge >= 0.3 is 0 Å². The van der Waals surface area contributed by atoms with Gasteiger partial charge in [-0.1, -0.05) is 6.07 Å². The van der Waals surface area contributed by atoms with Crippen LogP contribution in [0.15, 0.2) is 40.1 Å². The predicted octanol–water partition coefficient (Wildman–Crippen LogP) is 3.90. The molecule has 0 saturated heterocycles. The summed E-state index contributed by atoms with van der Waals surface area (Å²) >= 11 is 1.59. The number of hydrogen-bond donors (Lipinski definition) is 0. The van der Waals surface area contributed by atoms with Gasteiger partial charge in [-0.05, 0) is 23.6 Å². The Balaban J connectivity index is 2.25. The Morgan fingerprint density at radius 1 is 1.06 bits per heavy atom. The van der Waals surface area contributed by atoms with Crippen molar-refractivity contribution in [3.63, 3.8) is 0 Å². The summed E-state index contributed by atoms with van der Waals surface area (Å²) in [7, 11) is 0. The molecule has 0 amide bonds. The number of benzene rings is 1. The number of fused-ring (bicyclic) bond motifs is 1. The van der Waals surface area contributed by atoms with Gasteiger partial charge in [-0.15, -0.1) is 11.3 Å². The molecular formula is C14H6N2OS. The normalized spacial score (nSPS) is 10.1. The van der Waals surface area contributed by atoms with Gasteiger partial charge in [0.1, 0.15) is 23.5 Å². The van der Waals surface area contributed by atoms with E-state index in [1.807, 2.05) is 35.7 Å². The summed E-state index contributed by atoms with van der Waals surface area (Å²) in [5.74, 6) is 0.763. The van der Waals surface area contributed by atoms with E-state index >= 15 is 0 Å². The van der Waals surface area contributed by atoms with Crippen molar-refractivity contribution in [1.29, 1.82) is 10.5 Å². The summed E-state index contributed by atoms with van der Waals surface area (Å²) in [5.41, 5.74) is 1.36. The molecule has 3 aromatic rings. The molecule has 0 spiro atoms. The highest BCUT2D eigenvalue weighted by Crippen LogP contribution is 2.32. The summed E-state index contributed by atoms with van der Waals surface area (Å²) in [5, 5.41) is 20.7. The maximum absolute atomic E-state index is 8.97. The fraction of sp³-hybridized carbons (Fsp3) is 0. The number of nitriles is 2. The van der Waals surface area contributed by atoms with E-state index in [0.717, 1.165) is 16.0 Å². The van der Waals surface area contributed by atoms with Crippen LogP contribution in [-0.2, 0) is 0 Å². The Labute approximate surface area is 107 Å². The average molecular weight is 250 g/mol. The molecule has 3 nitrogen and oxygen atoms in total. The first-order valence-electron chi connectivity index (χ1n) is 5.23. The second kappa shape index (κ2) is 4.03. The van der Waals surface area contributed by atoms with Gasteiger partial charge in [0, 0.05) is 11.5 Å². The summed E-state index contributed by atoms with van der Waals surface area (Å²) < 4.78 is 5.70. The lowest BCUT2D eigenvalue weighted by atomic mass is 10.1. The van der Waals surface area contributed by atoms with Gasteiger partial charge < -0.3 is 4.42 Å². The molecule has 0 bridgehead atoms. The smallest absolute Gasteiger partial charge is 0.145 e. The highest BCUT2D eigenvalue weighted by Gasteiger charge is 2.10. The Kier molecular flexibility index (Phi) is 2.37. The molecule has 0 aliphatic heterocycles. The molecule has 0 fully saturated rings. The van der Waals surface area contributed by atoms with Crippen LogP contribution in [0.1, 0.15) is 11.1 Å². The summed E-state index contributed by atoms with van der Waals surface area (Å²) in [6.07, 6.45) is 0. The summed E-state index contributed by atoms with van der Waals surface area (Å²) in [6, 6.07) is 13.1. The van der Waals surface area contributed by atoms with E-state index in [0.29, 0.717) is 16.7 Å². The quantitative estimate of drug-likeness (QED) is 0.658. The van der Waals surface area contributed by atoms with E-state index in [4.69, 9.17) is 14.9 Å². The minimum absolute atomic E-state index is 0.345. The van der Waals surface area contributed by atoms with Crippen LogP contribution < -0.4 is 0 Å². The number of hydrogen-bond acceptors (Lipinski definition) is 4. The first-order chi connectivity index (χ1) is 8.81. The van der Waals surface area contributed by atoms with Crippen LogP contribution in [0.5, 0.6) is 0 Å². The Morgan fingerprint density at radius 3 is 2.50 bits per heavy atom. The van der Waals surface area contributed by atoms with E-state index in [-0.39, 0.29) is 0 Å². The van der Waals surface area contributed by atoms with Crippen molar-refractivity contribution in [3.05, 3.63) is 46.8 Å². The van der Waals surface area contributed by atoms with Gasteiger partial charge in [0.15, 0.2) is 0 Å². The number of furan rings is 1. The molecule has 0 radical (unpaired) electrons. The zero-order valence-corrected chi connectivity index (χ0v) is 9.99. The second-order valence-electron chi connectivity index (χ2n) is 3.75. The number of nitrogens with zero attached hydrogens (tertiary/aromatic N) is 2. The summed E-state index contributed by atoms with van der Waals surface area (Å²) in [6.45, 7) is 0. The molecule has 1 aromatic carbocycles. The molecule has 18 heavy (non-hydrogen) atoms. The number of thiophene rings is 1. The van der Waals surface area contributed by atoms with E-state index in [1.54, 1.807) is 23.5 Å². The van der Waals surface area contributed by atoms with Crippen molar-refractivity contribution < 1.29 is 4.42 Å². The van der Waals surface area contributed by atoms with Crippen LogP contribution in [-0.4, -0.2) is 0 Å². The zero-order valence-electron chi connectivity index (χ0n) is 9.18. The van der Waals surface area contributed by atoms with Gasteiger partial charge in [-0.25, -0.2) is 0 Å². The van der Waals surface area contributed by atoms with E-state index in [1.165, 1.54) is 0 Å². The van der Waals surface area contributed by atoms with Gasteiger partial charge in [0.25, 0.3) is 0 Å². The molecule has 0 aliphatic carbocycles. The number of rotatable bonds is 1. The fourth-order valence-electron chi connectivity index (χ4n) is 1.81. The van der Waals surface area contributed by atoms with Crippen LogP contribution >= 0.6 is 11.3 Å². The third kappa shape index (κ3) is 1.57.